The smallest absolute Gasteiger partial charge is 0.309 e. The molecule has 1 amide bonds. The maximum atomic E-state index is 12.0. The molecule has 1 fully saturated rings. The van der Waals surface area contributed by atoms with E-state index in [0.717, 1.165) is 45.6 Å². The van der Waals surface area contributed by atoms with Crippen LogP contribution in [0.25, 0.3) is 0 Å². The van der Waals surface area contributed by atoms with Crippen molar-refractivity contribution in [3.05, 3.63) is 36.4 Å². The first kappa shape index (κ1) is 19.4. The van der Waals surface area contributed by atoms with Crippen molar-refractivity contribution < 1.29 is 14.3 Å². The highest BCUT2D eigenvalue weighted by Crippen LogP contribution is 2.21. The molecule has 1 heterocycles. The molecule has 1 aromatic carbocycles. The zero-order valence-corrected chi connectivity index (χ0v) is 16.0. The van der Waals surface area contributed by atoms with Crippen molar-refractivity contribution in [1.82, 2.24) is 4.90 Å². The van der Waals surface area contributed by atoms with E-state index in [2.05, 4.69) is 28.1 Å². The number of rotatable bonds is 6. The molecule has 1 aliphatic carbocycles. The molecular formula is C21H29N3O3. The van der Waals surface area contributed by atoms with Crippen molar-refractivity contribution in [2.75, 3.05) is 49.5 Å². The number of nitrogens with zero attached hydrogens (tertiary/aromatic N) is 2. The van der Waals surface area contributed by atoms with Crippen molar-refractivity contribution >= 4 is 23.3 Å². The van der Waals surface area contributed by atoms with Crippen LogP contribution in [0.15, 0.2) is 36.4 Å². The van der Waals surface area contributed by atoms with Crippen molar-refractivity contribution in [2.24, 2.45) is 5.92 Å². The standard InChI is InChI=1S/C21H29N3O3/c1-2-23-12-14-24(15-13-23)19-10-8-18(9-11-19)22-20(25)16-27-21(26)17-6-4-3-5-7-17/h3-4,8-11,17H,2,5-7,12-16H2,1H3,(H,22,25). The minimum atomic E-state index is -0.306. The second-order valence-electron chi connectivity index (χ2n) is 7.11. The number of anilines is 2. The van der Waals surface area contributed by atoms with Crippen LogP contribution in [0.5, 0.6) is 0 Å². The Kier molecular flexibility index (Phi) is 6.87. The van der Waals surface area contributed by atoms with Gasteiger partial charge in [0.15, 0.2) is 6.61 Å². The Morgan fingerprint density at radius 3 is 2.48 bits per heavy atom. The van der Waals surface area contributed by atoms with Crippen LogP contribution in [-0.2, 0) is 14.3 Å². The molecule has 6 nitrogen and oxygen atoms in total. The van der Waals surface area contributed by atoms with E-state index in [1.165, 1.54) is 5.69 Å². The van der Waals surface area contributed by atoms with Gasteiger partial charge in [-0.1, -0.05) is 19.1 Å². The van der Waals surface area contributed by atoms with E-state index in [1.54, 1.807) is 0 Å². The molecule has 0 aromatic heterocycles. The average Bonchev–Trinajstić information content (AvgIpc) is 2.73. The third-order valence-electron chi connectivity index (χ3n) is 5.28. The number of piperazine rings is 1. The van der Waals surface area contributed by atoms with Gasteiger partial charge < -0.3 is 19.9 Å². The Balaban J connectivity index is 1.43. The molecule has 1 aliphatic heterocycles. The first-order chi connectivity index (χ1) is 13.2. The van der Waals surface area contributed by atoms with Gasteiger partial charge in [-0.25, -0.2) is 0 Å². The normalized spacial score (nSPS) is 20.3. The van der Waals surface area contributed by atoms with Gasteiger partial charge in [0.1, 0.15) is 0 Å². The second-order valence-corrected chi connectivity index (χ2v) is 7.11. The number of benzene rings is 1. The fourth-order valence-electron chi connectivity index (χ4n) is 3.54. The predicted octanol–water partition coefficient (Wildman–Crippen LogP) is 2.67. The SMILES string of the molecule is CCN1CCN(c2ccc(NC(=O)COC(=O)C3CC=CCC3)cc2)CC1. The third-order valence-corrected chi connectivity index (χ3v) is 5.28. The number of esters is 1. The number of hydrogen-bond donors (Lipinski definition) is 1. The number of nitrogens with one attached hydrogen (secondary N) is 1. The maximum absolute atomic E-state index is 12.0. The van der Waals surface area contributed by atoms with Crippen LogP contribution in [0.2, 0.25) is 0 Å². The fraction of sp³-hybridized carbons (Fsp3) is 0.524. The molecule has 1 N–H and O–H groups in total. The molecule has 0 radical (unpaired) electrons. The summed E-state index contributed by atoms with van der Waals surface area (Å²) < 4.78 is 5.16. The molecule has 1 aromatic rings. The van der Waals surface area contributed by atoms with Gasteiger partial charge in [-0.05, 0) is 50.1 Å². The molecule has 0 spiro atoms. The lowest BCUT2D eigenvalue weighted by molar-refractivity contribution is -0.151. The van der Waals surface area contributed by atoms with Gasteiger partial charge in [-0.2, -0.15) is 0 Å². The first-order valence-corrected chi connectivity index (χ1v) is 9.84. The van der Waals surface area contributed by atoms with Gasteiger partial charge >= 0.3 is 5.97 Å². The number of allylic oxidation sites excluding steroid dienone is 2. The number of hydrogen-bond acceptors (Lipinski definition) is 5. The van der Waals surface area contributed by atoms with E-state index in [0.29, 0.717) is 12.1 Å². The fourth-order valence-corrected chi connectivity index (χ4v) is 3.54. The van der Waals surface area contributed by atoms with Crippen molar-refractivity contribution in [2.45, 2.75) is 26.2 Å². The lowest BCUT2D eigenvalue weighted by atomic mass is 9.95. The van der Waals surface area contributed by atoms with Crippen LogP contribution in [0.3, 0.4) is 0 Å². The van der Waals surface area contributed by atoms with Crippen LogP contribution in [0, 0.1) is 5.92 Å². The largest absolute Gasteiger partial charge is 0.455 e. The first-order valence-electron chi connectivity index (χ1n) is 9.84. The van der Waals surface area contributed by atoms with Crippen molar-refractivity contribution in [3.63, 3.8) is 0 Å². The number of carbonyl (C=O) groups is 2. The van der Waals surface area contributed by atoms with Crippen LogP contribution in [0.4, 0.5) is 11.4 Å². The van der Waals surface area contributed by atoms with E-state index in [1.807, 2.05) is 30.3 Å². The van der Waals surface area contributed by atoms with E-state index in [4.69, 9.17) is 4.74 Å². The second kappa shape index (κ2) is 9.55. The summed E-state index contributed by atoms with van der Waals surface area (Å²) in [5.74, 6) is -0.703. The topological polar surface area (TPSA) is 61.9 Å². The molecule has 0 saturated carbocycles. The molecule has 1 unspecified atom stereocenters. The maximum Gasteiger partial charge on any atom is 0.309 e. The molecule has 2 aliphatic rings. The highest BCUT2D eigenvalue weighted by atomic mass is 16.5. The van der Waals surface area contributed by atoms with Gasteiger partial charge in [0.2, 0.25) is 0 Å². The summed E-state index contributed by atoms with van der Waals surface area (Å²) in [6.45, 7) is 7.25. The Hall–Kier alpha value is -2.34. The molecular weight excluding hydrogens is 342 g/mol. The summed E-state index contributed by atoms with van der Waals surface area (Å²) in [7, 11) is 0. The number of ether oxygens (including phenoxy) is 1. The summed E-state index contributed by atoms with van der Waals surface area (Å²) in [6.07, 6.45) is 6.47. The molecule has 1 saturated heterocycles. The van der Waals surface area contributed by atoms with Gasteiger partial charge in [-0.3, -0.25) is 9.59 Å². The number of carbonyl (C=O) groups excluding carboxylic acids is 2. The lowest BCUT2D eigenvalue weighted by Gasteiger charge is -2.35. The number of likely N-dealkylation sites (N-methyl/N-ethyl adjacent to an activating group) is 1. The molecule has 146 valence electrons. The zero-order chi connectivity index (χ0) is 19.1. The minimum absolute atomic E-state index is 0.116. The highest BCUT2D eigenvalue weighted by Gasteiger charge is 2.21. The van der Waals surface area contributed by atoms with Gasteiger partial charge in [0, 0.05) is 37.6 Å². The Morgan fingerprint density at radius 2 is 1.85 bits per heavy atom. The van der Waals surface area contributed by atoms with Gasteiger partial charge in [0.25, 0.3) is 5.91 Å². The van der Waals surface area contributed by atoms with E-state index >= 15 is 0 Å². The third kappa shape index (κ3) is 5.57. The van der Waals surface area contributed by atoms with Crippen LogP contribution >= 0.6 is 0 Å². The average molecular weight is 371 g/mol. The van der Waals surface area contributed by atoms with Crippen LogP contribution in [-0.4, -0.2) is 56.1 Å². The zero-order valence-electron chi connectivity index (χ0n) is 16.0. The minimum Gasteiger partial charge on any atom is -0.455 e. The Morgan fingerprint density at radius 1 is 1.11 bits per heavy atom. The molecule has 27 heavy (non-hydrogen) atoms. The summed E-state index contributed by atoms with van der Waals surface area (Å²) in [4.78, 5) is 28.8. The van der Waals surface area contributed by atoms with Gasteiger partial charge in [-0.15, -0.1) is 0 Å². The van der Waals surface area contributed by atoms with Crippen LogP contribution in [0.1, 0.15) is 26.2 Å². The summed E-state index contributed by atoms with van der Waals surface area (Å²) >= 11 is 0. The lowest BCUT2D eigenvalue weighted by Crippen LogP contribution is -2.46. The summed E-state index contributed by atoms with van der Waals surface area (Å²) in [5.41, 5.74) is 1.88. The van der Waals surface area contributed by atoms with E-state index in [9.17, 15) is 9.59 Å². The van der Waals surface area contributed by atoms with Crippen molar-refractivity contribution in [1.29, 1.82) is 0 Å². The van der Waals surface area contributed by atoms with Crippen LogP contribution < -0.4 is 10.2 Å². The van der Waals surface area contributed by atoms with Crippen molar-refractivity contribution in [3.8, 4) is 0 Å². The Bertz CT molecular complexity index is 664. The van der Waals surface area contributed by atoms with Gasteiger partial charge in [0.05, 0.1) is 5.92 Å². The monoisotopic (exact) mass is 371 g/mol. The molecule has 0 bridgehead atoms. The predicted molar refractivity (Wildman–Crippen MR) is 107 cm³/mol. The highest BCUT2D eigenvalue weighted by molar-refractivity contribution is 5.93. The molecule has 6 heteroatoms. The quantitative estimate of drug-likeness (QED) is 0.615. The molecule has 1 atom stereocenters. The summed E-state index contributed by atoms with van der Waals surface area (Å²) in [6, 6.07) is 7.84. The Labute approximate surface area is 161 Å². The summed E-state index contributed by atoms with van der Waals surface area (Å²) in [5, 5.41) is 2.79. The molecule has 3 rings (SSSR count). The van der Waals surface area contributed by atoms with E-state index < -0.39 is 0 Å². The van der Waals surface area contributed by atoms with E-state index in [-0.39, 0.29) is 24.4 Å². The number of amides is 1.